The monoisotopic (exact) mass is 426 g/mol. The molecule has 0 unspecified atom stereocenters. The van der Waals surface area contributed by atoms with Crippen LogP contribution in [0.2, 0.25) is 0 Å². The maximum absolute atomic E-state index is 4.58. The van der Waals surface area contributed by atoms with E-state index in [2.05, 4.69) is 57.2 Å². The maximum atomic E-state index is 4.58. The number of nitrogens with one attached hydrogen (secondary N) is 1. The Morgan fingerprint density at radius 2 is 1.94 bits per heavy atom. The first-order valence-corrected chi connectivity index (χ1v) is 11.9. The fraction of sp³-hybridized carbons (Fsp3) is 0.357. The van der Waals surface area contributed by atoms with E-state index in [9.17, 15) is 0 Å². The van der Waals surface area contributed by atoms with E-state index in [0.29, 0.717) is 0 Å². The molecular weight excluding hydrogens is 392 g/mol. The van der Waals surface area contributed by atoms with Crippen molar-refractivity contribution in [2.24, 2.45) is 10.9 Å². The Morgan fingerprint density at radius 1 is 1.16 bits per heavy atom. The summed E-state index contributed by atoms with van der Waals surface area (Å²) in [7, 11) is 0. The number of rotatable bonds is 8. The second kappa shape index (κ2) is 10.9. The van der Waals surface area contributed by atoms with Gasteiger partial charge in [-0.15, -0.1) is 0 Å². The van der Waals surface area contributed by atoms with E-state index in [1.807, 2.05) is 30.7 Å². The van der Waals surface area contributed by atoms with E-state index < -0.39 is 0 Å². The van der Waals surface area contributed by atoms with Gasteiger partial charge in [-0.05, 0) is 29.5 Å². The predicted molar refractivity (Wildman–Crippen MR) is 136 cm³/mol. The van der Waals surface area contributed by atoms with Crippen LogP contribution in [0.1, 0.15) is 68.1 Å². The minimum absolute atomic E-state index is 0.840. The number of fused-ring (bicyclic) bond motifs is 1. The molecule has 1 aromatic carbocycles. The van der Waals surface area contributed by atoms with Crippen LogP contribution in [0.25, 0.3) is 11.2 Å². The van der Waals surface area contributed by atoms with Crippen molar-refractivity contribution in [3.8, 4) is 0 Å². The number of aliphatic imine (C=N–C) groups is 1. The minimum atomic E-state index is 0.840. The number of hydrogen-bond acceptors (Lipinski definition) is 3. The van der Waals surface area contributed by atoms with Crippen LogP contribution >= 0.6 is 0 Å². The third-order valence-corrected chi connectivity index (χ3v) is 6.53. The number of nitrogens with zero attached hydrogens (tertiary/aromatic N) is 3. The maximum Gasteiger partial charge on any atom is 0.160 e. The third kappa shape index (κ3) is 5.37. The number of pyridine rings is 1. The number of anilines is 1. The first-order valence-electron chi connectivity index (χ1n) is 11.9. The Kier molecular flexibility index (Phi) is 7.55. The summed E-state index contributed by atoms with van der Waals surface area (Å²) in [6.45, 7) is 9.08. The van der Waals surface area contributed by atoms with Gasteiger partial charge in [0.05, 0.1) is 5.69 Å². The fourth-order valence-electron chi connectivity index (χ4n) is 4.74. The zero-order valence-electron chi connectivity index (χ0n) is 19.0. The lowest BCUT2D eigenvalue weighted by Gasteiger charge is -2.20. The molecular formula is C28H34N4. The van der Waals surface area contributed by atoms with E-state index in [0.717, 1.165) is 46.1 Å². The van der Waals surface area contributed by atoms with Crippen LogP contribution in [0.5, 0.6) is 0 Å². The summed E-state index contributed by atoms with van der Waals surface area (Å²) in [6.07, 6.45) is 20.3. The Morgan fingerprint density at radius 3 is 2.75 bits per heavy atom. The van der Waals surface area contributed by atoms with Gasteiger partial charge in [0.15, 0.2) is 5.65 Å². The highest BCUT2D eigenvalue weighted by Gasteiger charge is 2.14. The van der Waals surface area contributed by atoms with Crippen molar-refractivity contribution >= 4 is 23.1 Å². The molecule has 1 N–H and O–H groups in total. The van der Waals surface area contributed by atoms with Gasteiger partial charge in [-0.25, -0.2) is 4.98 Å². The molecule has 0 bridgehead atoms. The molecule has 0 radical (unpaired) electrons. The molecule has 3 aromatic rings. The number of benzene rings is 1. The van der Waals surface area contributed by atoms with Gasteiger partial charge in [0, 0.05) is 48.7 Å². The molecule has 4 heteroatoms. The molecule has 0 spiro atoms. The van der Waals surface area contributed by atoms with Crippen LogP contribution in [-0.4, -0.2) is 22.1 Å². The van der Waals surface area contributed by atoms with Gasteiger partial charge >= 0.3 is 0 Å². The van der Waals surface area contributed by atoms with Crippen molar-refractivity contribution in [3.63, 3.8) is 0 Å². The molecule has 1 aliphatic carbocycles. The van der Waals surface area contributed by atoms with Crippen molar-refractivity contribution in [2.75, 3.05) is 11.9 Å². The van der Waals surface area contributed by atoms with E-state index >= 15 is 0 Å². The molecule has 0 atom stereocenters. The molecule has 32 heavy (non-hydrogen) atoms. The first kappa shape index (κ1) is 22.1. The standard InChI is InChI=1S/C28H34N4/c1-3-29-20-24-13-9-10-14-26(24)22(2)25-19-27(28-31-17-18-32(28)21-25)30-16-15-23-11-7-5-4-6-8-12-23/h3,9-10,13-14,17-21,23,30H,1-2,4-8,11-12,15-16H2/b29-20-. The van der Waals surface area contributed by atoms with Gasteiger partial charge in [-0.1, -0.05) is 82.4 Å². The molecule has 166 valence electrons. The topological polar surface area (TPSA) is 41.7 Å². The number of aromatic nitrogens is 2. The molecule has 2 aromatic heterocycles. The lowest BCUT2D eigenvalue weighted by molar-refractivity contribution is 0.365. The molecule has 0 aliphatic heterocycles. The highest BCUT2D eigenvalue weighted by atomic mass is 15.0. The first-order chi connectivity index (χ1) is 15.8. The lowest BCUT2D eigenvalue weighted by atomic mass is 9.89. The average Bonchev–Trinajstić information content (AvgIpc) is 3.27. The van der Waals surface area contributed by atoms with Crippen molar-refractivity contribution < 1.29 is 0 Å². The molecule has 4 nitrogen and oxygen atoms in total. The van der Waals surface area contributed by atoms with E-state index in [4.69, 9.17) is 0 Å². The molecule has 1 saturated carbocycles. The van der Waals surface area contributed by atoms with Gasteiger partial charge in [0.2, 0.25) is 0 Å². The zero-order valence-corrected chi connectivity index (χ0v) is 19.0. The van der Waals surface area contributed by atoms with E-state index in [1.54, 1.807) is 6.20 Å². The van der Waals surface area contributed by atoms with Crippen molar-refractivity contribution in [3.05, 3.63) is 85.0 Å². The summed E-state index contributed by atoms with van der Waals surface area (Å²) >= 11 is 0. The van der Waals surface area contributed by atoms with Gasteiger partial charge < -0.3 is 9.72 Å². The van der Waals surface area contributed by atoms with Gasteiger partial charge in [-0.2, -0.15) is 0 Å². The van der Waals surface area contributed by atoms with Crippen molar-refractivity contribution in [1.82, 2.24) is 9.38 Å². The molecule has 4 rings (SSSR count). The summed E-state index contributed by atoms with van der Waals surface area (Å²) in [4.78, 5) is 8.79. The normalized spacial score (nSPS) is 15.5. The minimum Gasteiger partial charge on any atom is -0.382 e. The summed E-state index contributed by atoms with van der Waals surface area (Å²) in [5.74, 6) is 0.840. The van der Waals surface area contributed by atoms with E-state index in [1.165, 1.54) is 51.4 Å². The summed E-state index contributed by atoms with van der Waals surface area (Å²) in [5.41, 5.74) is 6.16. The highest BCUT2D eigenvalue weighted by molar-refractivity contribution is 5.93. The second-order valence-corrected chi connectivity index (χ2v) is 8.75. The number of hydrogen-bond donors (Lipinski definition) is 1. The quantitative estimate of drug-likeness (QED) is 0.390. The molecule has 2 heterocycles. The largest absolute Gasteiger partial charge is 0.382 e. The van der Waals surface area contributed by atoms with Gasteiger partial charge in [0.25, 0.3) is 0 Å². The predicted octanol–water partition coefficient (Wildman–Crippen LogP) is 7.12. The van der Waals surface area contributed by atoms with Crippen LogP contribution in [-0.2, 0) is 0 Å². The average molecular weight is 427 g/mol. The van der Waals surface area contributed by atoms with Crippen LogP contribution < -0.4 is 5.32 Å². The van der Waals surface area contributed by atoms with Gasteiger partial charge in [0.1, 0.15) is 0 Å². The van der Waals surface area contributed by atoms with E-state index in [-0.39, 0.29) is 0 Å². The van der Waals surface area contributed by atoms with Crippen LogP contribution in [0, 0.1) is 5.92 Å². The van der Waals surface area contributed by atoms with Crippen molar-refractivity contribution in [2.45, 2.75) is 51.4 Å². The molecule has 1 aliphatic rings. The van der Waals surface area contributed by atoms with Crippen LogP contribution in [0.15, 0.2) is 73.3 Å². The number of imidazole rings is 1. The Balaban J connectivity index is 1.54. The molecule has 0 saturated heterocycles. The molecule has 1 fully saturated rings. The smallest absolute Gasteiger partial charge is 0.160 e. The summed E-state index contributed by atoms with van der Waals surface area (Å²) in [5, 5.41) is 3.69. The lowest BCUT2D eigenvalue weighted by Crippen LogP contribution is -2.11. The van der Waals surface area contributed by atoms with Crippen molar-refractivity contribution in [1.29, 1.82) is 0 Å². The van der Waals surface area contributed by atoms with Gasteiger partial charge in [-0.3, -0.25) is 4.99 Å². The fourth-order valence-corrected chi connectivity index (χ4v) is 4.74. The summed E-state index contributed by atoms with van der Waals surface area (Å²) in [6, 6.07) is 10.4. The highest BCUT2D eigenvalue weighted by Crippen LogP contribution is 2.29. The Labute approximate surface area is 191 Å². The Hall–Kier alpha value is -3.14. The van der Waals surface area contributed by atoms with Crippen LogP contribution in [0.3, 0.4) is 0 Å². The van der Waals surface area contributed by atoms with Crippen LogP contribution in [0.4, 0.5) is 5.69 Å². The second-order valence-electron chi connectivity index (χ2n) is 8.75. The zero-order chi connectivity index (χ0) is 22.2. The SMILES string of the molecule is C=C/N=C\c1ccccc1C(=C)c1cc(NCCC2CCCCCCC2)c2nccn2c1. The summed E-state index contributed by atoms with van der Waals surface area (Å²) < 4.78 is 2.08. The Bertz CT molecular complexity index is 1080. The molecule has 0 amide bonds. The third-order valence-electron chi connectivity index (χ3n) is 6.53.